The van der Waals surface area contributed by atoms with Crippen LogP contribution in [0.2, 0.25) is 0 Å². The van der Waals surface area contributed by atoms with Crippen LogP contribution in [0, 0.1) is 10.1 Å². The van der Waals surface area contributed by atoms with Crippen molar-refractivity contribution in [1.29, 1.82) is 0 Å². The van der Waals surface area contributed by atoms with E-state index < -0.39 is 4.92 Å². The number of benzene rings is 2. The van der Waals surface area contributed by atoms with Crippen LogP contribution in [0.15, 0.2) is 48.5 Å². The summed E-state index contributed by atoms with van der Waals surface area (Å²) >= 11 is 0. The highest BCUT2D eigenvalue weighted by molar-refractivity contribution is 5.97. The molecule has 22 heavy (non-hydrogen) atoms. The van der Waals surface area contributed by atoms with E-state index >= 15 is 0 Å². The van der Waals surface area contributed by atoms with Crippen LogP contribution in [0.5, 0.6) is 5.75 Å². The standard InChI is InChI=1S/C16H16N2O4/c1-22-15-8-2-12(3-9-15)10-17-11-16(19)13-4-6-14(7-5-13)18(20)21/h2-9,17H,10-11H2,1H3. The molecule has 2 aromatic carbocycles. The van der Waals surface area contributed by atoms with E-state index in [1.807, 2.05) is 24.3 Å². The minimum Gasteiger partial charge on any atom is -0.497 e. The zero-order chi connectivity index (χ0) is 15.9. The van der Waals surface area contributed by atoms with E-state index in [-0.39, 0.29) is 18.0 Å². The van der Waals surface area contributed by atoms with Crippen molar-refractivity contribution < 1.29 is 14.5 Å². The van der Waals surface area contributed by atoms with Gasteiger partial charge in [0.25, 0.3) is 5.69 Å². The van der Waals surface area contributed by atoms with Gasteiger partial charge in [-0.25, -0.2) is 0 Å². The Labute approximate surface area is 127 Å². The zero-order valence-corrected chi connectivity index (χ0v) is 12.1. The van der Waals surface area contributed by atoms with Crippen molar-refractivity contribution in [3.8, 4) is 5.75 Å². The van der Waals surface area contributed by atoms with E-state index in [1.54, 1.807) is 7.11 Å². The maximum atomic E-state index is 12.0. The van der Waals surface area contributed by atoms with Gasteiger partial charge in [0, 0.05) is 24.2 Å². The maximum absolute atomic E-state index is 12.0. The number of carbonyl (C=O) groups excluding carboxylic acids is 1. The van der Waals surface area contributed by atoms with E-state index in [0.29, 0.717) is 12.1 Å². The largest absolute Gasteiger partial charge is 0.497 e. The molecule has 0 atom stereocenters. The minimum absolute atomic E-state index is 0.0252. The summed E-state index contributed by atoms with van der Waals surface area (Å²) in [4.78, 5) is 22.0. The van der Waals surface area contributed by atoms with Gasteiger partial charge in [-0.3, -0.25) is 14.9 Å². The van der Waals surface area contributed by atoms with E-state index in [0.717, 1.165) is 11.3 Å². The summed E-state index contributed by atoms with van der Waals surface area (Å²) in [5.74, 6) is 0.675. The number of nitro benzene ring substituents is 1. The van der Waals surface area contributed by atoms with Gasteiger partial charge in [-0.15, -0.1) is 0 Å². The molecular formula is C16H16N2O4. The summed E-state index contributed by atoms with van der Waals surface area (Å²) in [6, 6.07) is 13.1. The number of carbonyl (C=O) groups is 1. The zero-order valence-electron chi connectivity index (χ0n) is 12.1. The molecule has 0 radical (unpaired) electrons. The summed E-state index contributed by atoms with van der Waals surface area (Å²) in [6.07, 6.45) is 0. The summed E-state index contributed by atoms with van der Waals surface area (Å²) in [5, 5.41) is 13.6. The molecule has 2 aromatic rings. The number of non-ortho nitro benzene ring substituents is 1. The van der Waals surface area contributed by atoms with Gasteiger partial charge in [-0.05, 0) is 29.8 Å². The average molecular weight is 300 g/mol. The van der Waals surface area contributed by atoms with E-state index in [2.05, 4.69) is 5.32 Å². The van der Waals surface area contributed by atoms with Crippen molar-refractivity contribution in [3.63, 3.8) is 0 Å². The molecule has 0 aliphatic heterocycles. The van der Waals surface area contributed by atoms with Gasteiger partial charge in [-0.2, -0.15) is 0 Å². The Morgan fingerprint density at radius 1 is 1.14 bits per heavy atom. The molecule has 114 valence electrons. The fraction of sp³-hybridized carbons (Fsp3) is 0.188. The van der Waals surface area contributed by atoms with Gasteiger partial charge in [0.15, 0.2) is 5.78 Å². The lowest BCUT2D eigenvalue weighted by molar-refractivity contribution is -0.384. The highest BCUT2D eigenvalue weighted by Crippen LogP contribution is 2.13. The van der Waals surface area contributed by atoms with Gasteiger partial charge in [0.1, 0.15) is 5.75 Å². The fourth-order valence-electron chi connectivity index (χ4n) is 1.93. The first kappa shape index (κ1) is 15.7. The second-order valence-corrected chi connectivity index (χ2v) is 4.68. The van der Waals surface area contributed by atoms with Gasteiger partial charge in [0.2, 0.25) is 0 Å². The predicted octanol–water partition coefficient (Wildman–Crippen LogP) is 2.58. The molecule has 0 spiro atoms. The molecule has 1 N–H and O–H groups in total. The number of nitrogens with one attached hydrogen (secondary N) is 1. The first-order chi connectivity index (χ1) is 10.6. The molecule has 6 heteroatoms. The lowest BCUT2D eigenvalue weighted by Crippen LogP contribution is -2.22. The Kier molecular flexibility index (Phi) is 5.21. The lowest BCUT2D eigenvalue weighted by atomic mass is 10.1. The van der Waals surface area contributed by atoms with E-state index in [4.69, 9.17) is 4.74 Å². The van der Waals surface area contributed by atoms with Gasteiger partial charge < -0.3 is 10.1 Å². The molecule has 0 saturated heterocycles. The quantitative estimate of drug-likeness (QED) is 0.483. The number of nitro groups is 1. The third-order valence-corrected chi connectivity index (χ3v) is 3.17. The van der Waals surface area contributed by atoms with Crippen LogP contribution in [0.25, 0.3) is 0 Å². The Morgan fingerprint density at radius 2 is 1.77 bits per heavy atom. The van der Waals surface area contributed by atoms with Crippen molar-refractivity contribution in [2.45, 2.75) is 6.54 Å². The second-order valence-electron chi connectivity index (χ2n) is 4.68. The molecule has 2 rings (SSSR count). The summed E-state index contributed by atoms with van der Waals surface area (Å²) in [6.45, 7) is 0.729. The van der Waals surface area contributed by atoms with Gasteiger partial charge in [0.05, 0.1) is 18.6 Å². The normalized spacial score (nSPS) is 10.2. The molecule has 0 aliphatic carbocycles. The molecule has 0 saturated carbocycles. The number of Topliss-reactive ketones (excluding diaryl/α,β-unsaturated/α-hetero) is 1. The predicted molar refractivity (Wildman–Crippen MR) is 82.1 cm³/mol. The maximum Gasteiger partial charge on any atom is 0.269 e. The highest BCUT2D eigenvalue weighted by Gasteiger charge is 2.09. The van der Waals surface area contributed by atoms with E-state index in [1.165, 1.54) is 24.3 Å². The lowest BCUT2D eigenvalue weighted by Gasteiger charge is -2.06. The second kappa shape index (κ2) is 7.33. The smallest absolute Gasteiger partial charge is 0.269 e. The first-order valence-electron chi connectivity index (χ1n) is 6.71. The van der Waals surface area contributed by atoms with Crippen molar-refractivity contribution in [2.24, 2.45) is 0 Å². The molecule has 0 heterocycles. The SMILES string of the molecule is COc1ccc(CNCC(=O)c2ccc([N+](=O)[O-])cc2)cc1. The first-order valence-corrected chi connectivity index (χ1v) is 6.71. The number of methoxy groups -OCH3 is 1. The Morgan fingerprint density at radius 3 is 2.32 bits per heavy atom. The van der Waals surface area contributed by atoms with Gasteiger partial charge >= 0.3 is 0 Å². The number of rotatable bonds is 7. The molecule has 6 nitrogen and oxygen atoms in total. The molecule has 0 bridgehead atoms. The van der Waals surface area contributed by atoms with Crippen molar-refractivity contribution in [2.75, 3.05) is 13.7 Å². The van der Waals surface area contributed by atoms with Crippen molar-refractivity contribution >= 4 is 11.5 Å². The number of ether oxygens (including phenoxy) is 1. The third-order valence-electron chi connectivity index (χ3n) is 3.17. The monoisotopic (exact) mass is 300 g/mol. The summed E-state index contributed by atoms with van der Waals surface area (Å²) in [7, 11) is 1.61. The average Bonchev–Trinajstić information content (AvgIpc) is 2.55. The van der Waals surface area contributed by atoms with Crippen LogP contribution in [-0.2, 0) is 6.54 Å². The molecule has 0 unspecified atom stereocenters. The number of ketones is 1. The molecular weight excluding hydrogens is 284 g/mol. The Bertz CT molecular complexity index is 651. The molecule has 0 aliphatic rings. The van der Waals surface area contributed by atoms with Crippen LogP contribution in [0.3, 0.4) is 0 Å². The third kappa shape index (κ3) is 4.13. The van der Waals surface area contributed by atoms with Crippen LogP contribution in [0.1, 0.15) is 15.9 Å². The van der Waals surface area contributed by atoms with Crippen LogP contribution in [-0.4, -0.2) is 24.4 Å². The molecule has 0 aromatic heterocycles. The van der Waals surface area contributed by atoms with Crippen LogP contribution in [0.4, 0.5) is 5.69 Å². The highest BCUT2D eigenvalue weighted by atomic mass is 16.6. The molecule has 0 amide bonds. The van der Waals surface area contributed by atoms with Crippen molar-refractivity contribution in [1.82, 2.24) is 5.32 Å². The van der Waals surface area contributed by atoms with Gasteiger partial charge in [-0.1, -0.05) is 12.1 Å². The van der Waals surface area contributed by atoms with Crippen LogP contribution >= 0.6 is 0 Å². The van der Waals surface area contributed by atoms with Crippen LogP contribution < -0.4 is 10.1 Å². The Balaban J connectivity index is 1.85. The Hall–Kier alpha value is -2.73. The number of hydrogen-bond donors (Lipinski definition) is 1. The number of nitrogens with zero attached hydrogens (tertiary/aromatic N) is 1. The molecule has 0 fully saturated rings. The fourth-order valence-corrected chi connectivity index (χ4v) is 1.93. The minimum atomic E-state index is -0.490. The summed E-state index contributed by atoms with van der Waals surface area (Å²) < 4.78 is 5.07. The number of hydrogen-bond acceptors (Lipinski definition) is 5. The summed E-state index contributed by atoms with van der Waals surface area (Å²) in [5.41, 5.74) is 1.47. The van der Waals surface area contributed by atoms with E-state index in [9.17, 15) is 14.9 Å². The van der Waals surface area contributed by atoms with Crippen molar-refractivity contribution in [3.05, 3.63) is 69.8 Å². The topological polar surface area (TPSA) is 81.5 Å².